The third-order valence-corrected chi connectivity index (χ3v) is 3.83. The van der Waals surface area contributed by atoms with E-state index in [1.807, 2.05) is 0 Å². The number of hydrogen-bond acceptors (Lipinski definition) is 5. The molecule has 0 saturated heterocycles. The first-order valence-electron chi connectivity index (χ1n) is 9.17. The van der Waals surface area contributed by atoms with Gasteiger partial charge in [0.05, 0.1) is 11.5 Å². The smallest absolute Gasteiger partial charge is 0.272 e. The summed E-state index contributed by atoms with van der Waals surface area (Å²) in [6.07, 6.45) is 3.38. The van der Waals surface area contributed by atoms with Gasteiger partial charge in [-0.1, -0.05) is 25.5 Å². The molecule has 0 aliphatic rings. The molecule has 0 aromatic heterocycles. The van der Waals surface area contributed by atoms with Crippen LogP contribution in [0, 0.1) is 10.1 Å². The Morgan fingerprint density at radius 2 is 1.90 bits per heavy atom. The summed E-state index contributed by atoms with van der Waals surface area (Å²) in [5, 5.41) is 16.1. The quantitative estimate of drug-likeness (QED) is 0.289. The number of rotatable bonds is 9. The molecule has 0 spiro atoms. The number of hydrogen-bond donors (Lipinski definition) is 2. The van der Waals surface area contributed by atoms with E-state index in [-0.39, 0.29) is 11.4 Å². The van der Waals surface area contributed by atoms with E-state index in [2.05, 4.69) is 17.6 Å². The predicted molar refractivity (Wildman–Crippen MR) is 110 cm³/mol. The summed E-state index contributed by atoms with van der Waals surface area (Å²) < 4.78 is 5.58. The first kappa shape index (κ1) is 21.6. The van der Waals surface area contributed by atoms with E-state index in [0.29, 0.717) is 23.6 Å². The number of non-ortho nitro benzene ring substituents is 1. The maximum atomic E-state index is 12.6. The molecule has 0 saturated carbocycles. The number of unbranched alkanes of at least 4 members (excludes halogenated alkanes) is 1. The molecule has 29 heavy (non-hydrogen) atoms. The average molecular weight is 397 g/mol. The summed E-state index contributed by atoms with van der Waals surface area (Å²) in [5.41, 5.74) is 0.798. The Morgan fingerprint density at radius 1 is 1.17 bits per heavy atom. The molecule has 2 aromatic carbocycles. The number of nitrogens with zero attached hydrogens (tertiary/aromatic N) is 1. The number of anilines is 1. The summed E-state index contributed by atoms with van der Waals surface area (Å²) in [7, 11) is 0. The van der Waals surface area contributed by atoms with Crippen molar-refractivity contribution in [2.45, 2.75) is 26.7 Å². The molecule has 152 valence electrons. The molecule has 0 bridgehead atoms. The highest BCUT2D eigenvalue weighted by atomic mass is 16.6. The highest BCUT2D eigenvalue weighted by Gasteiger charge is 2.13. The van der Waals surface area contributed by atoms with Crippen LogP contribution >= 0.6 is 0 Å². The number of nitrogens with one attached hydrogen (secondary N) is 2. The molecule has 8 heteroatoms. The van der Waals surface area contributed by atoms with E-state index >= 15 is 0 Å². The predicted octanol–water partition coefficient (Wildman–Crippen LogP) is 3.89. The van der Waals surface area contributed by atoms with E-state index in [9.17, 15) is 19.7 Å². The minimum atomic E-state index is -0.550. The van der Waals surface area contributed by atoms with Crippen molar-refractivity contribution in [1.82, 2.24) is 5.32 Å². The number of ether oxygens (including phenoxy) is 1. The van der Waals surface area contributed by atoms with Crippen LogP contribution in [0.2, 0.25) is 0 Å². The van der Waals surface area contributed by atoms with Crippen molar-refractivity contribution in [2.75, 3.05) is 11.9 Å². The zero-order chi connectivity index (χ0) is 21.2. The molecule has 0 fully saturated rings. The Morgan fingerprint density at radius 3 is 2.52 bits per heavy atom. The second kappa shape index (κ2) is 10.6. The van der Waals surface area contributed by atoms with Gasteiger partial charge in [0.2, 0.25) is 5.91 Å². The van der Waals surface area contributed by atoms with Gasteiger partial charge in [-0.05, 0) is 42.3 Å². The number of amides is 2. The van der Waals surface area contributed by atoms with Crippen LogP contribution in [-0.4, -0.2) is 23.3 Å². The summed E-state index contributed by atoms with van der Waals surface area (Å²) in [6, 6.07) is 12.6. The molecular formula is C21H23N3O5. The summed E-state index contributed by atoms with van der Waals surface area (Å²) in [6.45, 7) is 3.98. The molecule has 0 radical (unpaired) electrons. The van der Waals surface area contributed by atoms with Gasteiger partial charge >= 0.3 is 0 Å². The van der Waals surface area contributed by atoms with E-state index < -0.39 is 16.7 Å². The highest BCUT2D eigenvalue weighted by molar-refractivity contribution is 6.08. The van der Waals surface area contributed by atoms with Crippen LogP contribution in [0.3, 0.4) is 0 Å². The van der Waals surface area contributed by atoms with Gasteiger partial charge in [-0.15, -0.1) is 0 Å². The number of carbonyl (C=O) groups excluding carboxylic acids is 2. The third kappa shape index (κ3) is 7.10. The largest absolute Gasteiger partial charge is 0.494 e. The molecule has 2 amide bonds. The van der Waals surface area contributed by atoms with E-state index in [0.717, 1.165) is 12.8 Å². The SMILES string of the molecule is CCCCOc1ccc(NC(=O)C(=Cc2cccc([N+](=O)[O-])c2)NC(C)=O)cc1. The molecule has 2 aromatic rings. The first-order valence-corrected chi connectivity index (χ1v) is 9.17. The second-order valence-electron chi connectivity index (χ2n) is 6.27. The van der Waals surface area contributed by atoms with Crippen molar-refractivity contribution < 1.29 is 19.2 Å². The molecule has 2 rings (SSSR count). The number of carbonyl (C=O) groups is 2. The lowest BCUT2D eigenvalue weighted by molar-refractivity contribution is -0.384. The molecule has 0 aliphatic carbocycles. The summed E-state index contributed by atoms with van der Waals surface area (Å²) >= 11 is 0. The maximum Gasteiger partial charge on any atom is 0.272 e. The van der Waals surface area contributed by atoms with Gasteiger partial charge < -0.3 is 15.4 Å². The van der Waals surface area contributed by atoms with Crippen molar-refractivity contribution in [3.63, 3.8) is 0 Å². The van der Waals surface area contributed by atoms with E-state index in [1.165, 1.54) is 31.2 Å². The third-order valence-electron chi connectivity index (χ3n) is 3.83. The molecule has 0 heterocycles. The van der Waals surface area contributed by atoms with Crippen LogP contribution in [0.25, 0.3) is 6.08 Å². The molecule has 8 nitrogen and oxygen atoms in total. The monoisotopic (exact) mass is 397 g/mol. The van der Waals surface area contributed by atoms with Gasteiger partial charge in [-0.2, -0.15) is 0 Å². The van der Waals surface area contributed by atoms with Crippen molar-refractivity contribution in [3.05, 3.63) is 69.9 Å². The van der Waals surface area contributed by atoms with Gasteiger partial charge in [0.25, 0.3) is 11.6 Å². The Kier molecular flexibility index (Phi) is 7.90. The maximum absolute atomic E-state index is 12.6. The van der Waals surface area contributed by atoms with Crippen LogP contribution in [0.4, 0.5) is 11.4 Å². The lowest BCUT2D eigenvalue weighted by Gasteiger charge is -2.11. The standard InChI is InChI=1S/C21H23N3O5/c1-3-4-12-29-19-10-8-17(9-11-19)23-21(26)20(22-15(2)25)14-16-6-5-7-18(13-16)24(27)28/h5-11,13-14H,3-4,12H2,1-2H3,(H,22,25)(H,23,26). The zero-order valence-corrected chi connectivity index (χ0v) is 16.3. The fourth-order valence-electron chi connectivity index (χ4n) is 2.41. The molecule has 0 aliphatic heterocycles. The van der Waals surface area contributed by atoms with Gasteiger partial charge in [0.1, 0.15) is 11.4 Å². The molecule has 0 atom stereocenters. The van der Waals surface area contributed by atoms with Crippen LogP contribution in [0.15, 0.2) is 54.2 Å². The second-order valence-corrected chi connectivity index (χ2v) is 6.27. The minimum absolute atomic E-state index is 0.0266. The van der Waals surface area contributed by atoms with E-state index in [1.54, 1.807) is 30.3 Å². The Hall–Kier alpha value is -3.68. The Labute approximate surface area is 168 Å². The Balaban J connectivity index is 2.15. The van der Waals surface area contributed by atoms with Crippen LogP contribution in [0.1, 0.15) is 32.3 Å². The lowest BCUT2D eigenvalue weighted by Crippen LogP contribution is -2.28. The van der Waals surface area contributed by atoms with Gasteiger partial charge in [0, 0.05) is 24.7 Å². The van der Waals surface area contributed by atoms with Crippen molar-refractivity contribution >= 4 is 29.3 Å². The molecule has 2 N–H and O–H groups in total. The number of nitro benzene ring substituents is 1. The zero-order valence-electron chi connectivity index (χ0n) is 16.3. The highest BCUT2D eigenvalue weighted by Crippen LogP contribution is 2.18. The normalized spacial score (nSPS) is 10.9. The number of nitro groups is 1. The van der Waals surface area contributed by atoms with Crippen LogP contribution in [0.5, 0.6) is 5.75 Å². The van der Waals surface area contributed by atoms with E-state index in [4.69, 9.17) is 4.74 Å². The molecule has 0 unspecified atom stereocenters. The number of benzene rings is 2. The van der Waals surface area contributed by atoms with Crippen molar-refractivity contribution in [3.8, 4) is 5.75 Å². The average Bonchev–Trinajstić information content (AvgIpc) is 2.69. The Bertz CT molecular complexity index is 907. The first-order chi connectivity index (χ1) is 13.9. The fourth-order valence-corrected chi connectivity index (χ4v) is 2.41. The van der Waals surface area contributed by atoms with Crippen molar-refractivity contribution in [1.29, 1.82) is 0 Å². The van der Waals surface area contributed by atoms with Gasteiger partial charge in [0.15, 0.2) is 0 Å². The van der Waals surface area contributed by atoms with Gasteiger partial charge in [-0.3, -0.25) is 19.7 Å². The summed E-state index contributed by atoms with van der Waals surface area (Å²) in [4.78, 5) is 34.5. The van der Waals surface area contributed by atoms with Gasteiger partial charge in [-0.25, -0.2) is 0 Å². The van der Waals surface area contributed by atoms with Crippen LogP contribution < -0.4 is 15.4 Å². The van der Waals surface area contributed by atoms with Crippen molar-refractivity contribution in [2.24, 2.45) is 0 Å². The molecular weight excluding hydrogens is 374 g/mol. The summed E-state index contributed by atoms with van der Waals surface area (Å²) in [5.74, 6) is -0.284. The lowest BCUT2D eigenvalue weighted by atomic mass is 10.1. The topological polar surface area (TPSA) is 111 Å². The fraction of sp³-hybridized carbons (Fsp3) is 0.238. The minimum Gasteiger partial charge on any atom is -0.494 e. The van der Waals surface area contributed by atoms with Crippen LogP contribution in [-0.2, 0) is 9.59 Å².